The Hall–Kier alpha value is -0.760. The number of nitrogens with one attached hydrogen (secondary N) is 2. The third kappa shape index (κ3) is 14.8. The molecule has 0 rings (SSSR count). The van der Waals surface area contributed by atoms with Gasteiger partial charge in [-0.25, -0.2) is 4.39 Å². The van der Waals surface area contributed by atoms with Gasteiger partial charge in [0.05, 0.1) is 45.7 Å². The number of hydrogen-bond donors (Lipinski definition) is 2. The van der Waals surface area contributed by atoms with Gasteiger partial charge >= 0.3 is 0 Å². The summed E-state index contributed by atoms with van der Waals surface area (Å²) < 4.78 is 29.5. The highest BCUT2D eigenvalue weighted by Crippen LogP contribution is 1.94. The number of amides is 1. The van der Waals surface area contributed by atoms with E-state index in [1.165, 1.54) is 0 Å². The molecule has 0 aliphatic carbocycles. The summed E-state index contributed by atoms with van der Waals surface area (Å²) >= 11 is 0. The number of alkyl halides is 1. The van der Waals surface area contributed by atoms with Crippen LogP contribution in [0.3, 0.4) is 0 Å². The minimum atomic E-state index is -1.19. The summed E-state index contributed by atoms with van der Waals surface area (Å²) in [6.45, 7) is 10.6. The van der Waals surface area contributed by atoms with Crippen LogP contribution in [0, 0.1) is 0 Å². The molecule has 1 amide bonds. The molecular formula is C17H35FN2O4. The fraction of sp³-hybridized carbons (Fsp3) is 0.941. The first-order valence-corrected chi connectivity index (χ1v) is 8.90. The third-order valence-corrected chi connectivity index (χ3v) is 3.51. The Morgan fingerprint density at radius 3 is 2.38 bits per heavy atom. The highest BCUT2D eigenvalue weighted by atomic mass is 19.1. The Kier molecular flexibility index (Phi) is 15.3. The fourth-order valence-corrected chi connectivity index (χ4v) is 1.72. The predicted octanol–water partition coefficient (Wildman–Crippen LogP) is 1.68. The third-order valence-electron chi connectivity index (χ3n) is 3.51. The highest BCUT2D eigenvalue weighted by Gasteiger charge is 2.08. The summed E-state index contributed by atoms with van der Waals surface area (Å²) in [6.07, 6.45) is 0.406. The Balaban J connectivity index is 3.34. The Morgan fingerprint density at radius 1 is 1.04 bits per heavy atom. The number of hydrogen-bond acceptors (Lipinski definition) is 5. The van der Waals surface area contributed by atoms with E-state index >= 15 is 0 Å². The second kappa shape index (κ2) is 15.7. The lowest BCUT2D eigenvalue weighted by molar-refractivity contribution is -0.121. The van der Waals surface area contributed by atoms with Gasteiger partial charge in [-0.2, -0.15) is 0 Å². The van der Waals surface area contributed by atoms with Gasteiger partial charge in [0, 0.05) is 19.0 Å². The maximum Gasteiger partial charge on any atom is 0.219 e. The summed E-state index contributed by atoms with van der Waals surface area (Å²) in [5, 5.41) is 5.87. The van der Waals surface area contributed by atoms with Crippen LogP contribution in [-0.4, -0.2) is 70.3 Å². The van der Waals surface area contributed by atoms with E-state index in [1.807, 2.05) is 6.92 Å². The molecule has 0 saturated carbocycles. The fourth-order valence-electron chi connectivity index (χ4n) is 1.72. The van der Waals surface area contributed by atoms with Gasteiger partial charge in [-0.3, -0.25) is 4.79 Å². The van der Waals surface area contributed by atoms with Crippen LogP contribution in [0.5, 0.6) is 0 Å². The van der Waals surface area contributed by atoms with Crippen molar-refractivity contribution in [3.05, 3.63) is 0 Å². The molecule has 7 heteroatoms. The molecule has 0 aromatic heterocycles. The number of carbonyl (C=O) groups is 1. The zero-order chi connectivity index (χ0) is 18.2. The van der Waals surface area contributed by atoms with E-state index in [4.69, 9.17) is 14.2 Å². The summed E-state index contributed by atoms with van der Waals surface area (Å²) in [4.78, 5) is 11.0. The molecule has 3 unspecified atom stereocenters. The lowest BCUT2D eigenvalue weighted by atomic mass is 10.2. The first kappa shape index (κ1) is 23.2. The van der Waals surface area contributed by atoms with Crippen molar-refractivity contribution in [1.82, 2.24) is 10.6 Å². The number of carbonyl (C=O) groups excluding carboxylic acids is 1. The second-order valence-electron chi connectivity index (χ2n) is 5.84. The van der Waals surface area contributed by atoms with Crippen molar-refractivity contribution in [1.29, 1.82) is 0 Å². The van der Waals surface area contributed by atoms with E-state index < -0.39 is 6.17 Å². The molecule has 24 heavy (non-hydrogen) atoms. The van der Waals surface area contributed by atoms with Gasteiger partial charge in [-0.15, -0.1) is 0 Å². The lowest BCUT2D eigenvalue weighted by Crippen LogP contribution is -2.33. The standard InChI is InChI=1S/C17H35FN2O4/c1-5-14(3)19-11-15(4)24-10-9-22-7-8-23-13-16(18)12-20-17(21)6-2/h14-16,19H,5-13H2,1-4H3,(H,20,21). The molecule has 0 bridgehead atoms. The normalized spacial score (nSPS) is 15.0. The van der Waals surface area contributed by atoms with Gasteiger partial charge in [0.15, 0.2) is 0 Å². The first-order valence-electron chi connectivity index (χ1n) is 8.90. The molecule has 0 spiro atoms. The molecule has 0 aliphatic heterocycles. The minimum absolute atomic E-state index is 0.00998. The zero-order valence-electron chi connectivity index (χ0n) is 15.6. The van der Waals surface area contributed by atoms with Gasteiger partial charge in [-0.1, -0.05) is 13.8 Å². The number of halogens is 1. The van der Waals surface area contributed by atoms with Gasteiger partial charge in [0.1, 0.15) is 6.17 Å². The number of rotatable bonds is 16. The molecule has 0 aliphatic rings. The number of ether oxygens (including phenoxy) is 3. The lowest BCUT2D eigenvalue weighted by Gasteiger charge is -2.17. The topological polar surface area (TPSA) is 68.8 Å². The van der Waals surface area contributed by atoms with E-state index in [2.05, 4.69) is 24.5 Å². The van der Waals surface area contributed by atoms with E-state index in [0.717, 1.165) is 13.0 Å². The molecule has 0 saturated heterocycles. The monoisotopic (exact) mass is 350 g/mol. The van der Waals surface area contributed by atoms with Crippen molar-refractivity contribution in [2.24, 2.45) is 0 Å². The van der Waals surface area contributed by atoms with Crippen molar-refractivity contribution in [2.45, 2.75) is 58.9 Å². The largest absolute Gasteiger partial charge is 0.377 e. The van der Waals surface area contributed by atoms with Crippen molar-refractivity contribution in [2.75, 3.05) is 46.1 Å². The van der Waals surface area contributed by atoms with Gasteiger partial charge < -0.3 is 24.8 Å². The Bertz CT molecular complexity index is 308. The molecule has 0 fully saturated rings. The minimum Gasteiger partial charge on any atom is -0.377 e. The van der Waals surface area contributed by atoms with Crippen molar-refractivity contribution in [3.8, 4) is 0 Å². The van der Waals surface area contributed by atoms with Crippen LogP contribution >= 0.6 is 0 Å². The van der Waals surface area contributed by atoms with Crippen molar-refractivity contribution in [3.63, 3.8) is 0 Å². The van der Waals surface area contributed by atoms with Crippen LogP contribution in [0.15, 0.2) is 0 Å². The predicted molar refractivity (Wildman–Crippen MR) is 93.0 cm³/mol. The first-order chi connectivity index (χ1) is 11.5. The zero-order valence-corrected chi connectivity index (χ0v) is 15.6. The maximum atomic E-state index is 13.4. The highest BCUT2D eigenvalue weighted by molar-refractivity contribution is 5.75. The van der Waals surface area contributed by atoms with E-state index in [1.54, 1.807) is 6.92 Å². The van der Waals surface area contributed by atoms with E-state index in [-0.39, 0.29) is 25.2 Å². The molecule has 0 radical (unpaired) electrons. The molecule has 2 N–H and O–H groups in total. The summed E-state index contributed by atoms with van der Waals surface area (Å²) in [5.41, 5.74) is 0. The van der Waals surface area contributed by atoms with Crippen molar-refractivity contribution >= 4 is 5.91 Å². The van der Waals surface area contributed by atoms with Crippen LogP contribution < -0.4 is 10.6 Å². The van der Waals surface area contributed by atoms with Gasteiger partial charge in [0.25, 0.3) is 0 Å². The average molecular weight is 350 g/mol. The molecule has 0 aromatic carbocycles. The van der Waals surface area contributed by atoms with Crippen LogP contribution in [0.1, 0.15) is 40.5 Å². The SMILES string of the molecule is CCC(=O)NCC(F)COCCOCCOC(C)CNC(C)CC. The van der Waals surface area contributed by atoms with Gasteiger partial charge in [-0.05, 0) is 20.3 Å². The van der Waals surface area contributed by atoms with E-state index in [9.17, 15) is 9.18 Å². The van der Waals surface area contributed by atoms with Crippen LogP contribution in [0.25, 0.3) is 0 Å². The second-order valence-corrected chi connectivity index (χ2v) is 5.84. The van der Waals surface area contributed by atoms with Crippen LogP contribution in [0.4, 0.5) is 4.39 Å². The molecule has 6 nitrogen and oxygen atoms in total. The Morgan fingerprint density at radius 2 is 1.71 bits per heavy atom. The molecule has 144 valence electrons. The van der Waals surface area contributed by atoms with E-state index in [0.29, 0.717) is 38.9 Å². The van der Waals surface area contributed by atoms with Crippen LogP contribution in [0.2, 0.25) is 0 Å². The summed E-state index contributed by atoms with van der Waals surface area (Å²) in [6, 6.07) is 0.499. The summed E-state index contributed by atoms with van der Waals surface area (Å²) in [5.74, 6) is -0.158. The Labute approximate surface area is 145 Å². The molecule has 0 aromatic rings. The van der Waals surface area contributed by atoms with Crippen LogP contribution in [-0.2, 0) is 19.0 Å². The molecule has 3 atom stereocenters. The smallest absolute Gasteiger partial charge is 0.219 e. The average Bonchev–Trinajstić information content (AvgIpc) is 2.59. The van der Waals surface area contributed by atoms with Gasteiger partial charge in [0.2, 0.25) is 5.91 Å². The van der Waals surface area contributed by atoms with Crippen molar-refractivity contribution < 1.29 is 23.4 Å². The molecule has 0 heterocycles. The quantitative estimate of drug-likeness (QED) is 0.415. The summed E-state index contributed by atoms with van der Waals surface area (Å²) in [7, 11) is 0. The molecular weight excluding hydrogens is 315 g/mol. The maximum absolute atomic E-state index is 13.4.